The smallest absolute Gasteiger partial charge is 0.122 e. The van der Waals surface area contributed by atoms with Crippen LogP contribution in [0.4, 0.5) is 0 Å². The molecule has 7 heteroatoms. The van der Waals surface area contributed by atoms with Gasteiger partial charge in [-0.2, -0.15) is 0 Å². The maximum absolute atomic E-state index is 10.5. The van der Waals surface area contributed by atoms with Gasteiger partial charge in [-0.1, -0.05) is 19.1 Å². The minimum Gasteiger partial charge on any atom is -0.393 e. The largest absolute Gasteiger partial charge is 0.393 e. The number of thiocarbonyl (C=S) groups is 1. The lowest BCUT2D eigenvalue weighted by atomic mass is 9.75. The number of ether oxygens (including phenoxy) is 1. The summed E-state index contributed by atoms with van der Waals surface area (Å²) in [6, 6.07) is 0. The third-order valence-electron chi connectivity index (χ3n) is 3.95. The number of hydrogen-bond donors (Lipinski definition) is 2. The Morgan fingerprint density at radius 2 is 2.48 bits per heavy atom. The molecule has 0 aromatic carbocycles. The molecule has 2 heterocycles. The molecule has 0 amide bonds. The fraction of sp³-hybridized carbons (Fsp3) is 0.714. The van der Waals surface area contributed by atoms with E-state index >= 15 is 0 Å². The van der Waals surface area contributed by atoms with E-state index in [2.05, 4.69) is 26.2 Å². The number of aliphatic hydroxyl groups excluding tert-OH is 1. The van der Waals surface area contributed by atoms with E-state index in [1.54, 1.807) is 11.3 Å². The molecule has 0 aliphatic carbocycles. The van der Waals surface area contributed by atoms with E-state index in [4.69, 9.17) is 17.0 Å². The van der Waals surface area contributed by atoms with Gasteiger partial charge >= 0.3 is 0 Å². The van der Waals surface area contributed by atoms with Gasteiger partial charge in [-0.15, -0.1) is 11.3 Å². The van der Waals surface area contributed by atoms with Crippen molar-refractivity contribution in [1.82, 2.24) is 10.3 Å². The molecule has 0 radical (unpaired) electrons. The van der Waals surface area contributed by atoms with Crippen molar-refractivity contribution < 1.29 is 9.84 Å². The first-order valence-corrected chi connectivity index (χ1v) is 9.17. The number of aliphatic hydroxyl groups is 1. The molecule has 1 aromatic heterocycles. The lowest BCUT2D eigenvalue weighted by Crippen LogP contribution is -2.60. The van der Waals surface area contributed by atoms with Crippen LogP contribution in [0.25, 0.3) is 0 Å². The summed E-state index contributed by atoms with van der Waals surface area (Å²) in [5, 5.41) is 16.8. The monoisotopic (exact) mass is 392 g/mol. The second-order valence-electron chi connectivity index (χ2n) is 5.57. The van der Waals surface area contributed by atoms with Crippen LogP contribution in [-0.4, -0.2) is 33.9 Å². The van der Waals surface area contributed by atoms with Crippen molar-refractivity contribution in [3.05, 3.63) is 15.0 Å². The van der Waals surface area contributed by atoms with Crippen LogP contribution in [-0.2, 0) is 10.3 Å². The highest BCUT2D eigenvalue weighted by molar-refractivity contribution is 9.10. The van der Waals surface area contributed by atoms with E-state index in [1.165, 1.54) is 0 Å². The van der Waals surface area contributed by atoms with E-state index in [0.717, 1.165) is 16.0 Å². The SMILES string of the molecule is CC[C@@H](O)[C@@H]1C[C@H](C)OC[C@@]1(NC(C)=S)c1nc(Br)cs1. The van der Waals surface area contributed by atoms with Gasteiger partial charge < -0.3 is 15.2 Å². The quantitative estimate of drug-likeness (QED) is 0.770. The van der Waals surface area contributed by atoms with Crippen molar-refractivity contribution in [3.8, 4) is 0 Å². The Labute approximate surface area is 143 Å². The topological polar surface area (TPSA) is 54.4 Å². The molecule has 2 rings (SSSR count). The molecule has 0 spiro atoms. The van der Waals surface area contributed by atoms with Gasteiger partial charge in [0.05, 0.1) is 23.8 Å². The summed E-state index contributed by atoms with van der Waals surface area (Å²) in [5.41, 5.74) is -0.551. The first-order valence-electron chi connectivity index (χ1n) is 7.09. The molecule has 1 aliphatic heterocycles. The average Bonchev–Trinajstić information content (AvgIpc) is 2.86. The van der Waals surface area contributed by atoms with Gasteiger partial charge in [0.2, 0.25) is 0 Å². The van der Waals surface area contributed by atoms with Crippen LogP contribution in [0.2, 0.25) is 0 Å². The molecule has 21 heavy (non-hydrogen) atoms. The van der Waals surface area contributed by atoms with Crippen LogP contribution < -0.4 is 5.32 Å². The summed E-state index contributed by atoms with van der Waals surface area (Å²) in [5.74, 6) is 0.0159. The fourth-order valence-electron chi connectivity index (χ4n) is 2.95. The van der Waals surface area contributed by atoms with Crippen LogP contribution in [0.5, 0.6) is 0 Å². The lowest BCUT2D eigenvalue weighted by molar-refractivity contribution is -0.0978. The maximum atomic E-state index is 10.5. The predicted molar refractivity (Wildman–Crippen MR) is 92.7 cm³/mol. The second kappa shape index (κ2) is 7.00. The number of nitrogens with one attached hydrogen (secondary N) is 1. The zero-order valence-electron chi connectivity index (χ0n) is 12.4. The molecule has 1 saturated heterocycles. The Morgan fingerprint density at radius 3 is 3.00 bits per heavy atom. The highest BCUT2D eigenvalue weighted by atomic mass is 79.9. The first-order chi connectivity index (χ1) is 9.89. The summed E-state index contributed by atoms with van der Waals surface area (Å²) < 4.78 is 6.70. The van der Waals surface area contributed by atoms with Crippen molar-refractivity contribution in [2.45, 2.75) is 51.4 Å². The van der Waals surface area contributed by atoms with E-state index in [9.17, 15) is 5.11 Å². The van der Waals surface area contributed by atoms with Crippen LogP contribution in [0.1, 0.15) is 38.6 Å². The van der Waals surface area contributed by atoms with Gasteiger partial charge in [0.1, 0.15) is 15.1 Å². The van der Waals surface area contributed by atoms with Crippen LogP contribution in [0.15, 0.2) is 9.98 Å². The zero-order valence-corrected chi connectivity index (χ0v) is 15.6. The third-order valence-corrected chi connectivity index (χ3v) is 5.79. The molecule has 4 nitrogen and oxygen atoms in total. The summed E-state index contributed by atoms with van der Waals surface area (Å²) in [6.07, 6.45) is 1.19. The second-order valence-corrected chi connectivity index (χ2v) is 7.85. The Morgan fingerprint density at radius 1 is 1.76 bits per heavy atom. The first kappa shape index (κ1) is 17.3. The Hall–Kier alpha value is -0.0800. The summed E-state index contributed by atoms with van der Waals surface area (Å²) >= 11 is 10.2. The number of aromatic nitrogens is 1. The van der Waals surface area contributed by atoms with Crippen molar-refractivity contribution in [2.75, 3.05) is 6.61 Å². The minimum absolute atomic E-state index is 0.0159. The van der Waals surface area contributed by atoms with Crippen LogP contribution in [0.3, 0.4) is 0 Å². The summed E-state index contributed by atoms with van der Waals surface area (Å²) in [4.78, 5) is 5.26. The van der Waals surface area contributed by atoms with Gasteiger partial charge in [0, 0.05) is 11.3 Å². The number of nitrogens with zero attached hydrogens (tertiary/aromatic N) is 1. The van der Waals surface area contributed by atoms with Gasteiger partial charge in [0.25, 0.3) is 0 Å². The number of thiazole rings is 1. The van der Waals surface area contributed by atoms with E-state index in [1.807, 2.05) is 26.2 Å². The molecule has 2 N–H and O–H groups in total. The van der Waals surface area contributed by atoms with E-state index in [-0.39, 0.29) is 12.0 Å². The Kier molecular flexibility index (Phi) is 5.76. The highest BCUT2D eigenvalue weighted by Gasteiger charge is 2.49. The summed E-state index contributed by atoms with van der Waals surface area (Å²) in [7, 11) is 0. The maximum Gasteiger partial charge on any atom is 0.122 e. The minimum atomic E-state index is -0.551. The van der Waals surface area contributed by atoms with Crippen molar-refractivity contribution in [1.29, 1.82) is 0 Å². The van der Waals surface area contributed by atoms with Gasteiger partial charge in [-0.05, 0) is 42.6 Å². The zero-order chi connectivity index (χ0) is 15.6. The Balaban J connectivity index is 2.47. The molecule has 1 aliphatic rings. The van der Waals surface area contributed by atoms with E-state index < -0.39 is 11.6 Å². The van der Waals surface area contributed by atoms with Crippen molar-refractivity contribution in [3.63, 3.8) is 0 Å². The molecule has 0 bridgehead atoms. The standard InChI is InChI=1S/C14H21BrN2O2S2/c1-4-11(18)10-5-8(2)19-7-14(10,17-9(3)20)13-16-12(15)6-21-13/h6,8,10-11,18H,4-5,7H2,1-3H3,(H,17,20)/t8-,10-,11+,14-/m0/s1. The highest BCUT2D eigenvalue weighted by Crippen LogP contribution is 2.42. The molecular weight excluding hydrogens is 372 g/mol. The van der Waals surface area contributed by atoms with Gasteiger partial charge in [-0.3, -0.25) is 0 Å². The molecule has 1 fully saturated rings. The molecule has 118 valence electrons. The number of hydrogen-bond acceptors (Lipinski definition) is 5. The molecule has 1 aromatic rings. The van der Waals surface area contributed by atoms with E-state index in [0.29, 0.717) is 18.0 Å². The predicted octanol–water partition coefficient (Wildman–Crippen LogP) is 3.23. The average molecular weight is 393 g/mol. The number of halogens is 1. The summed E-state index contributed by atoms with van der Waals surface area (Å²) in [6.45, 7) is 6.36. The van der Waals surface area contributed by atoms with Gasteiger partial charge in [0.15, 0.2) is 0 Å². The van der Waals surface area contributed by atoms with Crippen LogP contribution in [0, 0.1) is 5.92 Å². The molecular formula is C14H21BrN2O2S2. The lowest BCUT2D eigenvalue weighted by Gasteiger charge is -2.47. The molecule has 0 saturated carbocycles. The third kappa shape index (κ3) is 3.64. The van der Waals surface area contributed by atoms with Crippen molar-refractivity contribution >= 4 is 44.5 Å². The van der Waals surface area contributed by atoms with Crippen molar-refractivity contribution in [2.24, 2.45) is 5.92 Å². The normalized spacial score (nSPS) is 30.9. The number of rotatable bonds is 4. The van der Waals surface area contributed by atoms with Crippen LogP contribution >= 0.6 is 39.5 Å². The molecule has 0 unspecified atom stereocenters. The fourth-order valence-corrected chi connectivity index (χ4v) is 4.59. The Bertz CT molecular complexity index is 511. The molecule has 4 atom stereocenters. The van der Waals surface area contributed by atoms with Gasteiger partial charge in [-0.25, -0.2) is 4.98 Å².